The predicted octanol–water partition coefficient (Wildman–Crippen LogP) is 10.9. The van der Waals surface area contributed by atoms with E-state index < -0.39 is 11.9 Å². The van der Waals surface area contributed by atoms with E-state index in [1.54, 1.807) is 143 Å². The summed E-state index contributed by atoms with van der Waals surface area (Å²) in [6.45, 7) is 0. The van der Waals surface area contributed by atoms with Crippen LogP contribution in [0.4, 0.5) is 0 Å². The average Bonchev–Trinajstić information content (AvgIpc) is 3.83. The number of benzene rings is 5. The monoisotopic (exact) mass is 860 g/mol. The fourth-order valence-electron chi connectivity index (χ4n) is 5.73. The minimum Gasteiger partial charge on any atom is -0.423 e. The van der Waals surface area contributed by atoms with Crippen LogP contribution in [-0.2, 0) is 0 Å². The van der Waals surface area contributed by atoms with Gasteiger partial charge in [0, 0.05) is 21.6 Å². The van der Waals surface area contributed by atoms with Crippen LogP contribution < -0.4 is 19.9 Å². The number of hydrogen-bond donors (Lipinski definition) is 0. The highest BCUT2D eigenvalue weighted by molar-refractivity contribution is 8.46. The van der Waals surface area contributed by atoms with Gasteiger partial charge in [-0.15, -0.1) is 47.0 Å². The molecule has 0 saturated heterocycles. The molecule has 0 spiro atoms. The van der Waals surface area contributed by atoms with Crippen molar-refractivity contribution in [2.75, 3.05) is 25.0 Å². The normalized spacial score (nSPS) is 14.4. The molecule has 0 N–H and O–H groups in total. The van der Waals surface area contributed by atoms with E-state index in [0.717, 1.165) is 53.0 Å². The summed E-state index contributed by atoms with van der Waals surface area (Å²) in [6, 6.07) is 24.2. The Labute approximate surface area is 345 Å². The lowest BCUT2D eigenvalue weighted by atomic mass is 9.98. The molecule has 0 radical (unpaired) electrons. The van der Waals surface area contributed by atoms with Crippen molar-refractivity contribution in [3.8, 4) is 11.5 Å². The number of thioether (sulfide) groups is 8. The number of hydrogen-bond acceptors (Lipinski definition) is 14. The molecule has 54 heavy (non-hydrogen) atoms. The van der Waals surface area contributed by atoms with Gasteiger partial charge in [-0.3, -0.25) is 9.59 Å². The standard InChI is InChI=1S/C40H28O6S8/c1-47-37-38(48-2)52-35(51-37)31-27-15-13-26(46-34(44)24-11-7-22(20-42)8-12-24)18-30(27)32(36-53-39(49-3)40(50-4)54-36)28-16-14-25(17-29(28)31)45-33(43)23-9-5-21(19-41)6-10-23/h5-20H,1-4H3. The first kappa shape index (κ1) is 39.2. The number of esters is 2. The molecule has 0 aromatic heterocycles. The van der Waals surface area contributed by atoms with Crippen LogP contribution in [0, 0.1) is 0 Å². The Morgan fingerprint density at radius 3 is 1.11 bits per heavy atom. The van der Waals surface area contributed by atoms with Crippen molar-refractivity contribution in [3.05, 3.63) is 135 Å². The van der Waals surface area contributed by atoms with E-state index in [2.05, 4.69) is 25.0 Å². The third-order valence-electron chi connectivity index (χ3n) is 8.27. The maximum atomic E-state index is 13.3. The van der Waals surface area contributed by atoms with E-state index in [1.165, 1.54) is 16.9 Å². The summed E-state index contributed by atoms with van der Waals surface area (Å²) < 4.78 is 19.0. The molecule has 272 valence electrons. The molecular weight excluding hydrogens is 833 g/mol. The Bertz CT molecular complexity index is 2350. The Morgan fingerprint density at radius 2 is 0.815 bits per heavy atom. The van der Waals surface area contributed by atoms with Crippen molar-refractivity contribution in [3.63, 3.8) is 0 Å². The summed E-state index contributed by atoms with van der Waals surface area (Å²) in [5.41, 5.74) is 1.63. The number of carbonyl (C=O) groups is 4. The van der Waals surface area contributed by atoms with Gasteiger partial charge in [-0.25, -0.2) is 9.59 Å². The van der Waals surface area contributed by atoms with Crippen molar-refractivity contribution in [1.82, 2.24) is 0 Å². The molecule has 14 heteroatoms. The second-order valence-corrected chi connectivity index (χ2v) is 20.3. The van der Waals surface area contributed by atoms with Gasteiger partial charge in [0.05, 0.1) is 36.5 Å². The highest BCUT2D eigenvalue weighted by Gasteiger charge is 2.26. The van der Waals surface area contributed by atoms with Gasteiger partial charge >= 0.3 is 11.9 Å². The van der Waals surface area contributed by atoms with Crippen LogP contribution in [-0.4, -0.2) is 49.5 Å². The third kappa shape index (κ3) is 7.94. The zero-order valence-corrected chi connectivity index (χ0v) is 35.5. The van der Waals surface area contributed by atoms with E-state index in [4.69, 9.17) is 9.47 Å². The van der Waals surface area contributed by atoms with Crippen LogP contribution in [0.15, 0.2) is 102 Å². The molecule has 0 fully saturated rings. The molecular formula is C40H28O6S8. The van der Waals surface area contributed by atoms with E-state index in [1.807, 2.05) is 36.4 Å². The van der Waals surface area contributed by atoms with Gasteiger partial charge in [0.1, 0.15) is 24.1 Å². The summed E-state index contributed by atoms with van der Waals surface area (Å²) in [5.74, 6) is -0.258. The molecule has 2 aliphatic rings. The van der Waals surface area contributed by atoms with Crippen molar-refractivity contribution in [2.45, 2.75) is 0 Å². The maximum absolute atomic E-state index is 13.3. The van der Waals surface area contributed by atoms with Gasteiger partial charge in [0.2, 0.25) is 0 Å². The fourth-order valence-corrected chi connectivity index (χ4v) is 16.0. The van der Waals surface area contributed by atoms with E-state index in [-0.39, 0.29) is 0 Å². The minimum atomic E-state index is -0.524. The van der Waals surface area contributed by atoms with Crippen molar-refractivity contribution < 1.29 is 28.7 Å². The molecule has 2 heterocycles. The van der Waals surface area contributed by atoms with Crippen LogP contribution in [0.3, 0.4) is 0 Å². The largest absolute Gasteiger partial charge is 0.423 e. The zero-order chi connectivity index (χ0) is 37.9. The maximum Gasteiger partial charge on any atom is 0.343 e. The van der Waals surface area contributed by atoms with Crippen molar-refractivity contribution in [1.29, 1.82) is 0 Å². The van der Waals surface area contributed by atoms with Crippen LogP contribution in [0.25, 0.3) is 30.0 Å². The summed E-state index contributed by atoms with van der Waals surface area (Å²) in [5, 5.41) is 5.79. The minimum absolute atomic E-state index is 0.339. The quantitative estimate of drug-likeness (QED) is 0.0578. The Kier molecular flexibility index (Phi) is 12.6. The lowest BCUT2D eigenvalue weighted by Crippen LogP contribution is -2.18. The molecule has 5 aromatic rings. The van der Waals surface area contributed by atoms with Crippen LogP contribution >= 0.6 is 94.1 Å². The number of fused-ring (bicyclic) bond motifs is 2. The van der Waals surface area contributed by atoms with Crippen molar-refractivity contribution in [2.24, 2.45) is 0 Å². The number of aldehydes is 2. The lowest BCUT2D eigenvalue weighted by Gasteiger charge is -2.14. The lowest BCUT2D eigenvalue weighted by molar-refractivity contribution is 0.0725. The van der Waals surface area contributed by atoms with Crippen LogP contribution in [0.5, 0.6) is 11.5 Å². The van der Waals surface area contributed by atoms with Gasteiger partial charge < -0.3 is 9.47 Å². The highest BCUT2D eigenvalue weighted by atomic mass is 32.3. The highest BCUT2D eigenvalue weighted by Crippen LogP contribution is 2.58. The van der Waals surface area contributed by atoms with Gasteiger partial charge in [-0.2, -0.15) is 0 Å². The smallest absolute Gasteiger partial charge is 0.343 e. The Balaban J connectivity index is 1.47. The van der Waals surface area contributed by atoms with Gasteiger partial charge in [0.15, 0.2) is 0 Å². The first-order valence-electron chi connectivity index (χ1n) is 16.0. The molecule has 6 nitrogen and oxygen atoms in total. The van der Waals surface area contributed by atoms with Crippen LogP contribution in [0.2, 0.25) is 0 Å². The molecule has 0 unspecified atom stereocenters. The molecule has 7 rings (SSSR count). The molecule has 0 amide bonds. The number of rotatable bonds is 10. The first-order chi connectivity index (χ1) is 26.3. The molecule has 5 aromatic carbocycles. The molecule has 2 aliphatic heterocycles. The number of ether oxygens (including phenoxy) is 2. The van der Waals surface area contributed by atoms with Crippen LogP contribution in [0.1, 0.15) is 41.4 Å². The zero-order valence-electron chi connectivity index (χ0n) is 29.0. The topological polar surface area (TPSA) is 86.7 Å². The van der Waals surface area contributed by atoms with E-state index in [0.29, 0.717) is 33.8 Å². The summed E-state index contributed by atoms with van der Waals surface area (Å²) in [6.07, 6.45) is 9.80. The summed E-state index contributed by atoms with van der Waals surface area (Å²) in [4.78, 5) is 49.0. The summed E-state index contributed by atoms with van der Waals surface area (Å²) in [7, 11) is 0. The molecule has 0 saturated carbocycles. The molecule has 0 bridgehead atoms. The van der Waals surface area contributed by atoms with E-state index in [9.17, 15) is 19.2 Å². The Morgan fingerprint density at radius 1 is 0.481 bits per heavy atom. The SMILES string of the molecule is CSC1=C(SC)SC(=c2c3ccc(OC(=O)c4ccc(C=O)cc4)cc3c(=C3SC(SC)=C(SC)S3)c3ccc(OC(=O)c4ccc(C=O)cc4)cc23)S1. The van der Waals surface area contributed by atoms with Gasteiger partial charge in [-0.05, 0) is 107 Å². The first-order valence-corrected chi connectivity index (χ1v) is 24.1. The van der Waals surface area contributed by atoms with Crippen molar-refractivity contribution >= 4 is 149 Å². The van der Waals surface area contributed by atoms with Gasteiger partial charge in [-0.1, -0.05) is 71.3 Å². The average molecular weight is 861 g/mol. The molecule has 0 aliphatic carbocycles. The summed E-state index contributed by atoms with van der Waals surface area (Å²) >= 11 is 13.8. The Hall–Kier alpha value is -3.08. The predicted molar refractivity (Wildman–Crippen MR) is 240 cm³/mol. The van der Waals surface area contributed by atoms with Gasteiger partial charge in [0.25, 0.3) is 0 Å². The second kappa shape index (κ2) is 17.4. The second-order valence-electron chi connectivity index (χ2n) is 11.4. The molecule has 0 atom stereocenters. The number of carbonyl (C=O) groups excluding carboxylic acids is 4. The third-order valence-corrected chi connectivity index (χ3v) is 18.7. The van der Waals surface area contributed by atoms with E-state index >= 15 is 0 Å². The fraction of sp³-hybridized carbons (Fsp3) is 0.100.